The molecule has 9 rings (SSSR count). The molecule has 0 bridgehead atoms. The molecule has 0 heterocycles. The first-order valence-electron chi connectivity index (χ1n) is 29.5. The molecule has 0 aliphatic heterocycles. The molecule has 5 heteroatoms. The lowest BCUT2D eigenvalue weighted by Crippen LogP contribution is -2.15. The quantitative estimate of drug-likeness (QED) is 0.114. The molecule has 0 saturated heterocycles. The molecule has 4 nitrogen and oxygen atoms in total. The van der Waals surface area contributed by atoms with Crippen LogP contribution in [0.2, 0.25) is 0 Å². The molecule has 0 N–H and O–H groups in total. The zero-order valence-electron chi connectivity index (χ0n) is 52.6. The van der Waals surface area contributed by atoms with Crippen molar-refractivity contribution in [2.75, 3.05) is 0 Å². The van der Waals surface area contributed by atoms with E-state index < -0.39 is 7.82 Å². The molecule has 0 spiro atoms. The predicted octanol–water partition coefficient (Wildman–Crippen LogP) is 23.1. The van der Waals surface area contributed by atoms with Gasteiger partial charge >= 0.3 is 7.82 Å². The van der Waals surface area contributed by atoms with Crippen molar-refractivity contribution in [1.82, 2.24) is 0 Å². The maximum atomic E-state index is 17.3. The summed E-state index contributed by atoms with van der Waals surface area (Å²) in [4.78, 5) is 0. The highest BCUT2D eigenvalue weighted by Crippen LogP contribution is 2.57. The summed E-state index contributed by atoms with van der Waals surface area (Å²) >= 11 is 0. The first-order chi connectivity index (χ1) is 38.8. The van der Waals surface area contributed by atoms with Gasteiger partial charge in [0.2, 0.25) is 0 Å². The Kier molecular flexibility index (Phi) is 16.4. The summed E-state index contributed by atoms with van der Waals surface area (Å²) in [7, 11) is -4.86. The molecular formula is C78H87O4P. The van der Waals surface area contributed by atoms with Gasteiger partial charge in [-0.3, -0.25) is 0 Å². The van der Waals surface area contributed by atoms with Crippen LogP contribution in [0.15, 0.2) is 200 Å². The molecule has 0 saturated carbocycles. The van der Waals surface area contributed by atoms with Gasteiger partial charge < -0.3 is 13.6 Å². The van der Waals surface area contributed by atoms with E-state index in [1.54, 1.807) is 0 Å². The summed E-state index contributed by atoms with van der Waals surface area (Å²) in [6.45, 7) is 40.3. The minimum atomic E-state index is -4.86. The van der Waals surface area contributed by atoms with Gasteiger partial charge in [-0.05, 0) is 152 Å². The van der Waals surface area contributed by atoms with Crippen LogP contribution in [-0.2, 0) is 37.1 Å². The maximum Gasteiger partial charge on any atom is 0.647 e. The van der Waals surface area contributed by atoms with Crippen molar-refractivity contribution in [3.8, 4) is 84.0 Å². The molecule has 0 aliphatic rings. The highest BCUT2D eigenvalue weighted by atomic mass is 31.2. The van der Waals surface area contributed by atoms with Gasteiger partial charge in [0.1, 0.15) is 17.2 Å². The lowest BCUT2D eigenvalue weighted by molar-refractivity contribution is 0.299. The van der Waals surface area contributed by atoms with E-state index in [-0.39, 0.29) is 32.5 Å². The SMILES string of the molecule is CC(C)(C)c1ccccc1-c1ccc(OP(=O)(Oc2ccc(-c3ccccc3C(C)(C)C)cc2-c2ccccc2C(C)(C)C)Oc2ccc(-c3ccccc3C(C)(C)C)cc2-c2ccccc2C(C)(C)C)c(-c2ccccc2C(C)(C)C)c1. The smallest absolute Gasteiger partial charge is 0.385 e. The van der Waals surface area contributed by atoms with Crippen LogP contribution < -0.4 is 13.6 Å². The predicted molar refractivity (Wildman–Crippen MR) is 354 cm³/mol. The molecular weight excluding hydrogens is 1030 g/mol. The summed E-state index contributed by atoms with van der Waals surface area (Å²) in [6, 6.07) is 69.9. The topological polar surface area (TPSA) is 44.8 Å². The number of hydrogen-bond donors (Lipinski definition) is 0. The van der Waals surface area contributed by atoms with Crippen LogP contribution in [-0.4, -0.2) is 0 Å². The minimum absolute atomic E-state index is 0.145. The zero-order valence-corrected chi connectivity index (χ0v) is 53.5. The van der Waals surface area contributed by atoms with E-state index in [4.69, 9.17) is 13.6 Å². The van der Waals surface area contributed by atoms with Crippen molar-refractivity contribution in [2.24, 2.45) is 0 Å². The Morgan fingerprint density at radius 2 is 0.410 bits per heavy atom. The van der Waals surface area contributed by atoms with Crippen LogP contribution in [0, 0.1) is 0 Å². The van der Waals surface area contributed by atoms with Crippen molar-refractivity contribution in [3.05, 3.63) is 234 Å². The average Bonchev–Trinajstić information content (AvgIpc) is 3.47. The van der Waals surface area contributed by atoms with Gasteiger partial charge in [0.25, 0.3) is 0 Å². The van der Waals surface area contributed by atoms with Crippen LogP contribution in [0.25, 0.3) is 66.8 Å². The summed E-state index contributed by atoms with van der Waals surface area (Å²) < 4.78 is 39.2. The Morgan fingerprint density at radius 3 is 0.614 bits per heavy atom. The summed E-state index contributed by atoms with van der Waals surface area (Å²) in [6.07, 6.45) is 0. The molecule has 0 radical (unpaired) electrons. The number of phosphoric acid groups is 1. The van der Waals surface area contributed by atoms with Gasteiger partial charge in [-0.25, -0.2) is 0 Å². The molecule has 0 fully saturated rings. The Hall–Kier alpha value is -7.39. The lowest BCUT2D eigenvalue weighted by atomic mass is 9.80. The van der Waals surface area contributed by atoms with Crippen LogP contribution in [0.3, 0.4) is 0 Å². The van der Waals surface area contributed by atoms with Gasteiger partial charge in [0.05, 0.1) is 0 Å². The van der Waals surface area contributed by atoms with E-state index in [0.29, 0.717) is 17.2 Å². The molecule has 9 aromatic carbocycles. The first kappa shape index (κ1) is 60.2. The van der Waals surface area contributed by atoms with Crippen LogP contribution >= 0.6 is 7.82 Å². The molecule has 0 aromatic heterocycles. The Bertz CT molecular complexity index is 3470. The van der Waals surface area contributed by atoms with Crippen molar-refractivity contribution >= 4 is 7.82 Å². The fourth-order valence-corrected chi connectivity index (χ4v) is 13.0. The van der Waals surface area contributed by atoms with E-state index in [9.17, 15) is 0 Å². The van der Waals surface area contributed by atoms with Crippen LogP contribution in [0.5, 0.6) is 17.2 Å². The van der Waals surface area contributed by atoms with E-state index in [0.717, 1.165) is 83.5 Å². The third-order valence-corrected chi connectivity index (χ3v) is 17.0. The Morgan fingerprint density at radius 1 is 0.229 bits per heavy atom. The van der Waals surface area contributed by atoms with E-state index in [1.165, 1.54) is 16.7 Å². The van der Waals surface area contributed by atoms with E-state index in [2.05, 4.69) is 307 Å². The van der Waals surface area contributed by atoms with Gasteiger partial charge in [0, 0.05) is 16.7 Å². The van der Waals surface area contributed by atoms with Gasteiger partial charge in [-0.2, -0.15) is 4.57 Å². The third kappa shape index (κ3) is 13.2. The van der Waals surface area contributed by atoms with Crippen LogP contribution in [0.1, 0.15) is 158 Å². The number of hydrogen-bond acceptors (Lipinski definition) is 4. The monoisotopic (exact) mass is 1120 g/mol. The fraction of sp³-hybridized carbons (Fsp3) is 0.308. The normalized spacial score (nSPS) is 12.7. The Labute approximate surface area is 498 Å². The maximum absolute atomic E-state index is 17.3. The highest BCUT2D eigenvalue weighted by Gasteiger charge is 2.38. The molecule has 428 valence electrons. The van der Waals surface area contributed by atoms with Crippen LogP contribution in [0.4, 0.5) is 0 Å². The van der Waals surface area contributed by atoms with Gasteiger partial charge in [0.15, 0.2) is 0 Å². The molecule has 0 unspecified atom stereocenters. The molecule has 0 atom stereocenters. The fourth-order valence-electron chi connectivity index (χ4n) is 11.7. The largest absolute Gasteiger partial charge is 0.647 e. The van der Waals surface area contributed by atoms with Gasteiger partial charge in [-0.15, -0.1) is 0 Å². The number of rotatable bonds is 12. The van der Waals surface area contributed by atoms with E-state index in [1.807, 2.05) is 18.2 Å². The van der Waals surface area contributed by atoms with Crippen molar-refractivity contribution in [2.45, 2.75) is 157 Å². The second-order valence-electron chi connectivity index (χ2n) is 28.6. The van der Waals surface area contributed by atoms with E-state index >= 15 is 4.57 Å². The highest BCUT2D eigenvalue weighted by molar-refractivity contribution is 7.49. The molecule has 0 aliphatic carbocycles. The average molecular weight is 1120 g/mol. The zero-order chi connectivity index (χ0) is 60.1. The summed E-state index contributed by atoms with van der Waals surface area (Å²) in [5.41, 5.74) is 17.3. The first-order valence-corrected chi connectivity index (χ1v) is 31.0. The standard InChI is InChI=1S/C78H87O4P/c1-73(2,3)64-37-25-19-31-55(64)52-43-46-70(61(49-52)58-34-22-28-40-67(58)76(10,11)12)80-83(79,81-71-47-44-53(56-32-20-26-38-65(56)74(4,5)6)50-62(71)59-35-23-29-41-68(59)77(13,14)15)82-72-48-45-54(57-33-21-27-39-66(57)75(7,8)9)51-63(72)60-36-24-30-42-69(60)78(16,17)18/h19-51H,1-18H3. The second kappa shape index (κ2) is 22.6. The molecule has 0 amide bonds. The Balaban J connectivity index is 1.35. The minimum Gasteiger partial charge on any atom is -0.385 e. The van der Waals surface area contributed by atoms with Crippen molar-refractivity contribution < 1.29 is 18.1 Å². The molecule has 83 heavy (non-hydrogen) atoms. The lowest BCUT2D eigenvalue weighted by Gasteiger charge is -2.29. The third-order valence-electron chi connectivity index (χ3n) is 15.8. The van der Waals surface area contributed by atoms with Gasteiger partial charge in [-0.1, -0.05) is 288 Å². The van der Waals surface area contributed by atoms with Crippen molar-refractivity contribution in [1.29, 1.82) is 0 Å². The number of phosphoric ester groups is 1. The summed E-state index contributed by atoms with van der Waals surface area (Å²) in [5.74, 6) is 1.09. The second-order valence-corrected chi connectivity index (χ2v) is 30.1. The number of benzene rings is 9. The summed E-state index contributed by atoms with van der Waals surface area (Å²) in [5, 5.41) is 0. The van der Waals surface area contributed by atoms with Crippen molar-refractivity contribution in [3.63, 3.8) is 0 Å². The molecule has 9 aromatic rings.